The van der Waals surface area contributed by atoms with Crippen LogP contribution < -0.4 is 10.6 Å². The summed E-state index contributed by atoms with van der Waals surface area (Å²) < 4.78 is 16.5. The lowest BCUT2D eigenvalue weighted by Crippen LogP contribution is -2.47. The standard InChI is InChI=1S/C17H26N2O3.C12H18N2O/c1-17(2,3)22-16(20)18-11-15-13-19(9-10-21-15)12-14-7-5-4-6-8-14;1-13-12-10-14(7-8-15-12)9-11-5-3-2-4-6-11/h4-8,15H,9-13H2,1-3H3,(H,18,20);2-6,12-13H,7-10H2,1H3. The van der Waals surface area contributed by atoms with Crippen LogP contribution in [0.2, 0.25) is 0 Å². The molecule has 0 spiro atoms. The molecule has 2 fully saturated rings. The molecule has 1 amide bonds. The van der Waals surface area contributed by atoms with Crippen LogP contribution in [-0.4, -0.2) is 86.8 Å². The maximum atomic E-state index is 11.7. The van der Waals surface area contributed by atoms with Gasteiger partial charge in [-0.3, -0.25) is 15.1 Å². The van der Waals surface area contributed by atoms with Crippen molar-refractivity contribution < 1.29 is 19.0 Å². The van der Waals surface area contributed by atoms with E-state index in [0.717, 1.165) is 45.9 Å². The van der Waals surface area contributed by atoms with Gasteiger partial charge in [0.05, 0.1) is 19.3 Å². The van der Waals surface area contributed by atoms with Gasteiger partial charge in [-0.25, -0.2) is 4.79 Å². The van der Waals surface area contributed by atoms with Crippen molar-refractivity contribution in [3.8, 4) is 0 Å². The first-order valence-corrected chi connectivity index (χ1v) is 13.2. The lowest BCUT2D eigenvalue weighted by Gasteiger charge is -2.33. The smallest absolute Gasteiger partial charge is 0.407 e. The minimum absolute atomic E-state index is 0.00461. The fraction of sp³-hybridized carbons (Fsp3) is 0.552. The minimum atomic E-state index is -0.475. The van der Waals surface area contributed by atoms with Crippen molar-refractivity contribution in [2.45, 2.75) is 51.8 Å². The van der Waals surface area contributed by atoms with Crippen molar-refractivity contribution in [3.63, 3.8) is 0 Å². The monoisotopic (exact) mass is 512 g/mol. The molecule has 2 aromatic carbocycles. The molecule has 4 rings (SSSR count). The summed E-state index contributed by atoms with van der Waals surface area (Å²) in [4.78, 5) is 16.4. The number of carbonyl (C=O) groups excluding carboxylic acids is 1. The second kappa shape index (κ2) is 15.1. The highest BCUT2D eigenvalue weighted by Gasteiger charge is 2.23. The van der Waals surface area contributed by atoms with Gasteiger partial charge in [0.1, 0.15) is 11.8 Å². The number of hydrogen-bond acceptors (Lipinski definition) is 7. The second-order valence-electron chi connectivity index (χ2n) is 10.5. The lowest BCUT2D eigenvalue weighted by atomic mass is 10.2. The SMILES string of the molecule is CC(C)(C)OC(=O)NCC1CN(Cc2ccccc2)CCO1.CNC1CN(Cc2ccccc2)CCO1. The van der Waals surface area contributed by atoms with Gasteiger partial charge in [0, 0.05) is 45.8 Å². The van der Waals surface area contributed by atoms with E-state index < -0.39 is 11.7 Å². The van der Waals surface area contributed by atoms with Crippen molar-refractivity contribution in [1.82, 2.24) is 20.4 Å². The Kier molecular flexibility index (Phi) is 11.8. The molecule has 37 heavy (non-hydrogen) atoms. The topological polar surface area (TPSA) is 75.3 Å². The number of nitrogens with one attached hydrogen (secondary N) is 2. The number of alkyl carbamates (subject to hydrolysis) is 1. The predicted octanol–water partition coefficient (Wildman–Crippen LogP) is 3.48. The maximum absolute atomic E-state index is 11.7. The Bertz CT molecular complexity index is 907. The molecule has 8 nitrogen and oxygen atoms in total. The minimum Gasteiger partial charge on any atom is -0.444 e. The molecule has 0 aliphatic carbocycles. The molecule has 2 unspecified atom stereocenters. The summed E-state index contributed by atoms with van der Waals surface area (Å²) in [5.41, 5.74) is 2.19. The van der Waals surface area contributed by atoms with Crippen LogP contribution >= 0.6 is 0 Å². The quantitative estimate of drug-likeness (QED) is 0.588. The number of ether oxygens (including phenoxy) is 3. The Morgan fingerprint density at radius 2 is 1.43 bits per heavy atom. The van der Waals surface area contributed by atoms with Gasteiger partial charge in [-0.2, -0.15) is 0 Å². The zero-order valence-electron chi connectivity index (χ0n) is 22.8. The highest BCUT2D eigenvalue weighted by Crippen LogP contribution is 2.11. The number of hydrogen-bond donors (Lipinski definition) is 2. The highest BCUT2D eigenvalue weighted by atomic mass is 16.6. The molecular formula is C29H44N4O4. The maximum Gasteiger partial charge on any atom is 0.407 e. The first-order valence-electron chi connectivity index (χ1n) is 13.2. The lowest BCUT2D eigenvalue weighted by molar-refractivity contribution is -0.0442. The van der Waals surface area contributed by atoms with Crippen LogP contribution in [0, 0.1) is 0 Å². The summed E-state index contributed by atoms with van der Waals surface area (Å²) in [6.07, 6.45) is -0.205. The Morgan fingerprint density at radius 3 is 1.97 bits per heavy atom. The molecule has 0 bridgehead atoms. The normalized spacial score (nSPS) is 21.0. The van der Waals surface area contributed by atoms with E-state index in [1.165, 1.54) is 11.1 Å². The van der Waals surface area contributed by atoms with Gasteiger partial charge in [0.2, 0.25) is 0 Å². The van der Waals surface area contributed by atoms with Crippen molar-refractivity contribution in [2.24, 2.45) is 0 Å². The van der Waals surface area contributed by atoms with E-state index in [-0.39, 0.29) is 12.3 Å². The molecule has 2 heterocycles. The number of carbonyl (C=O) groups is 1. The average Bonchev–Trinajstić information content (AvgIpc) is 2.88. The molecule has 2 atom stereocenters. The van der Waals surface area contributed by atoms with Crippen molar-refractivity contribution in [1.29, 1.82) is 0 Å². The van der Waals surface area contributed by atoms with Crippen LogP contribution in [-0.2, 0) is 27.3 Å². The second-order valence-corrected chi connectivity index (χ2v) is 10.5. The predicted molar refractivity (Wildman–Crippen MR) is 146 cm³/mol. The van der Waals surface area contributed by atoms with Crippen LogP contribution in [0.4, 0.5) is 4.79 Å². The largest absolute Gasteiger partial charge is 0.444 e. The Balaban J connectivity index is 0.000000220. The zero-order valence-corrected chi connectivity index (χ0v) is 22.8. The van der Waals surface area contributed by atoms with E-state index >= 15 is 0 Å². The van der Waals surface area contributed by atoms with Gasteiger partial charge >= 0.3 is 6.09 Å². The van der Waals surface area contributed by atoms with Crippen molar-refractivity contribution >= 4 is 6.09 Å². The summed E-state index contributed by atoms with van der Waals surface area (Å²) in [7, 11) is 1.94. The van der Waals surface area contributed by atoms with Gasteiger partial charge in [0.25, 0.3) is 0 Å². The van der Waals surface area contributed by atoms with Gasteiger partial charge in [-0.1, -0.05) is 60.7 Å². The zero-order chi connectivity index (χ0) is 26.5. The molecule has 2 saturated heterocycles. The molecule has 0 radical (unpaired) electrons. The summed E-state index contributed by atoms with van der Waals surface area (Å²) in [5, 5.41) is 5.94. The number of nitrogens with zero attached hydrogens (tertiary/aromatic N) is 2. The number of morpholine rings is 2. The fourth-order valence-corrected chi connectivity index (χ4v) is 4.26. The first kappa shape index (κ1) is 29.1. The molecule has 0 aromatic heterocycles. The van der Waals surface area contributed by atoms with Crippen LogP contribution in [0.25, 0.3) is 0 Å². The van der Waals surface area contributed by atoms with Crippen LogP contribution in [0.1, 0.15) is 31.9 Å². The molecule has 2 aliphatic heterocycles. The van der Waals surface area contributed by atoms with Crippen molar-refractivity contribution in [2.75, 3.05) is 53.0 Å². The molecule has 2 aromatic rings. The van der Waals surface area contributed by atoms with Gasteiger partial charge in [-0.05, 0) is 38.9 Å². The molecule has 2 aliphatic rings. The molecule has 204 valence electrons. The van der Waals surface area contributed by atoms with Gasteiger partial charge in [0.15, 0.2) is 0 Å². The van der Waals surface area contributed by atoms with Gasteiger partial charge < -0.3 is 19.5 Å². The van der Waals surface area contributed by atoms with Crippen LogP contribution in [0.15, 0.2) is 60.7 Å². The average molecular weight is 513 g/mol. The third-order valence-electron chi connectivity index (χ3n) is 6.07. The van der Waals surface area contributed by atoms with E-state index in [9.17, 15) is 4.79 Å². The Hall–Kier alpha value is -2.49. The van der Waals surface area contributed by atoms with Crippen LogP contribution in [0.3, 0.4) is 0 Å². The fourth-order valence-electron chi connectivity index (χ4n) is 4.26. The van der Waals surface area contributed by atoms with E-state index in [1.807, 2.05) is 33.9 Å². The van der Waals surface area contributed by atoms with E-state index in [2.05, 4.69) is 75.0 Å². The van der Waals surface area contributed by atoms with E-state index in [0.29, 0.717) is 13.2 Å². The number of benzene rings is 2. The first-order chi connectivity index (χ1) is 17.8. The van der Waals surface area contributed by atoms with Crippen molar-refractivity contribution in [3.05, 3.63) is 71.8 Å². The molecule has 8 heteroatoms. The van der Waals surface area contributed by atoms with Gasteiger partial charge in [-0.15, -0.1) is 0 Å². The number of amides is 1. The third-order valence-corrected chi connectivity index (χ3v) is 6.07. The highest BCUT2D eigenvalue weighted by molar-refractivity contribution is 5.67. The summed E-state index contributed by atoms with van der Waals surface area (Å²) in [5.74, 6) is 0. The molecular weight excluding hydrogens is 468 g/mol. The number of likely N-dealkylation sites (N-methyl/N-ethyl adjacent to an activating group) is 1. The molecule has 0 saturated carbocycles. The van der Waals surface area contributed by atoms with Crippen LogP contribution in [0.5, 0.6) is 0 Å². The molecule has 2 N–H and O–H groups in total. The number of rotatable bonds is 7. The Labute approximate surface area is 222 Å². The summed E-state index contributed by atoms with van der Waals surface area (Å²) in [6.45, 7) is 13.2. The Morgan fingerprint density at radius 1 is 0.892 bits per heavy atom. The summed E-state index contributed by atoms with van der Waals surface area (Å²) in [6, 6.07) is 21.0. The van der Waals surface area contributed by atoms with E-state index in [1.54, 1.807) is 0 Å². The van der Waals surface area contributed by atoms with E-state index in [4.69, 9.17) is 14.2 Å². The third kappa shape index (κ3) is 11.6. The summed E-state index contributed by atoms with van der Waals surface area (Å²) >= 11 is 0.